The monoisotopic (exact) mass is 274 g/mol. The lowest BCUT2D eigenvalue weighted by molar-refractivity contribution is 0.337. The van der Waals surface area contributed by atoms with Gasteiger partial charge >= 0.3 is 0 Å². The van der Waals surface area contributed by atoms with Crippen molar-refractivity contribution in [3.8, 4) is 17.1 Å². The average Bonchev–Trinajstić information content (AvgIpc) is 2.75. The summed E-state index contributed by atoms with van der Waals surface area (Å²) in [5.41, 5.74) is 9.74. The molecule has 1 heterocycles. The molecule has 0 fully saturated rings. The van der Waals surface area contributed by atoms with Crippen LogP contribution in [-0.2, 0) is 6.42 Å². The number of hydrogen-bond acceptors (Lipinski definition) is 4. The largest absolute Gasteiger partial charge is 0.494 e. The Bertz CT molecular complexity index is 603. The Morgan fingerprint density at radius 1 is 1.20 bits per heavy atom. The molecule has 108 valence electrons. The summed E-state index contributed by atoms with van der Waals surface area (Å²) in [4.78, 5) is 4.43. The maximum Gasteiger partial charge on any atom is 0.196 e. The molecule has 2 N–H and O–H groups in total. The molecular formula is C16H22N2O2. The van der Waals surface area contributed by atoms with Crippen LogP contribution in [0.4, 0.5) is 0 Å². The topological polar surface area (TPSA) is 61.3 Å². The molecule has 1 aromatic heterocycles. The smallest absolute Gasteiger partial charge is 0.196 e. The molecule has 0 saturated heterocycles. The molecule has 0 atom stereocenters. The summed E-state index contributed by atoms with van der Waals surface area (Å²) < 4.78 is 11.5. The minimum absolute atomic E-state index is 0.542. The van der Waals surface area contributed by atoms with E-state index < -0.39 is 0 Å². The van der Waals surface area contributed by atoms with E-state index >= 15 is 0 Å². The Morgan fingerprint density at radius 2 is 1.95 bits per heavy atom. The van der Waals surface area contributed by atoms with Gasteiger partial charge in [0.05, 0.1) is 12.3 Å². The SMILES string of the molecule is CCOc1cc(C)c(-c2oc(CCN)nc2C)cc1C. The van der Waals surface area contributed by atoms with Crippen LogP contribution in [0.25, 0.3) is 11.3 Å². The van der Waals surface area contributed by atoms with Crippen LogP contribution in [0.1, 0.15) is 29.6 Å². The molecule has 4 nitrogen and oxygen atoms in total. The van der Waals surface area contributed by atoms with Gasteiger partial charge in [-0.25, -0.2) is 4.98 Å². The third-order valence-corrected chi connectivity index (χ3v) is 3.27. The van der Waals surface area contributed by atoms with Crippen molar-refractivity contribution in [3.63, 3.8) is 0 Å². The fourth-order valence-electron chi connectivity index (χ4n) is 2.28. The van der Waals surface area contributed by atoms with Gasteiger partial charge in [-0.3, -0.25) is 0 Å². The summed E-state index contributed by atoms with van der Waals surface area (Å²) in [5.74, 6) is 2.45. The highest BCUT2D eigenvalue weighted by molar-refractivity contribution is 5.66. The van der Waals surface area contributed by atoms with Gasteiger partial charge in [-0.05, 0) is 51.0 Å². The first kappa shape index (κ1) is 14.6. The van der Waals surface area contributed by atoms with Crippen molar-refractivity contribution < 1.29 is 9.15 Å². The Morgan fingerprint density at radius 3 is 2.60 bits per heavy atom. The number of aryl methyl sites for hydroxylation is 3. The van der Waals surface area contributed by atoms with Gasteiger partial charge in [0, 0.05) is 18.5 Å². The molecular weight excluding hydrogens is 252 g/mol. The maximum absolute atomic E-state index is 5.84. The predicted octanol–water partition coefficient (Wildman–Crippen LogP) is 3.17. The third kappa shape index (κ3) is 2.85. The van der Waals surface area contributed by atoms with E-state index in [9.17, 15) is 0 Å². The second-order valence-corrected chi connectivity index (χ2v) is 4.93. The van der Waals surface area contributed by atoms with Gasteiger partial charge < -0.3 is 14.9 Å². The Kier molecular flexibility index (Phi) is 4.45. The molecule has 4 heteroatoms. The third-order valence-electron chi connectivity index (χ3n) is 3.27. The van der Waals surface area contributed by atoms with Gasteiger partial charge in [0.1, 0.15) is 5.75 Å². The summed E-state index contributed by atoms with van der Waals surface area (Å²) in [6, 6.07) is 4.15. The van der Waals surface area contributed by atoms with Crippen LogP contribution in [0.3, 0.4) is 0 Å². The highest BCUT2D eigenvalue weighted by Crippen LogP contribution is 2.32. The van der Waals surface area contributed by atoms with Gasteiger partial charge in [-0.15, -0.1) is 0 Å². The highest BCUT2D eigenvalue weighted by atomic mass is 16.5. The van der Waals surface area contributed by atoms with Gasteiger partial charge in [0.25, 0.3) is 0 Å². The van der Waals surface area contributed by atoms with Crippen LogP contribution < -0.4 is 10.5 Å². The van der Waals surface area contributed by atoms with E-state index in [1.807, 2.05) is 20.8 Å². The summed E-state index contributed by atoms with van der Waals surface area (Å²) in [6.07, 6.45) is 0.663. The predicted molar refractivity (Wildman–Crippen MR) is 80.1 cm³/mol. The van der Waals surface area contributed by atoms with Crippen LogP contribution in [0.15, 0.2) is 16.5 Å². The second-order valence-electron chi connectivity index (χ2n) is 4.93. The fraction of sp³-hybridized carbons (Fsp3) is 0.438. The molecule has 1 aromatic carbocycles. The number of hydrogen-bond donors (Lipinski definition) is 1. The van der Waals surface area contributed by atoms with Crippen molar-refractivity contribution in [1.29, 1.82) is 0 Å². The van der Waals surface area contributed by atoms with E-state index in [0.29, 0.717) is 25.5 Å². The van der Waals surface area contributed by atoms with Crippen LogP contribution in [0, 0.1) is 20.8 Å². The van der Waals surface area contributed by atoms with Crippen molar-refractivity contribution in [2.45, 2.75) is 34.1 Å². The average molecular weight is 274 g/mol. The highest BCUT2D eigenvalue weighted by Gasteiger charge is 2.15. The van der Waals surface area contributed by atoms with Crippen LogP contribution in [-0.4, -0.2) is 18.1 Å². The molecule has 0 spiro atoms. The zero-order chi connectivity index (χ0) is 14.7. The van der Waals surface area contributed by atoms with Crippen molar-refractivity contribution in [2.75, 3.05) is 13.2 Å². The van der Waals surface area contributed by atoms with E-state index in [4.69, 9.17) is 14.9 Å². The van der Waals surface area contributed by atoms with E-state index in [1.165, 1.54) is 0 Å². The number of rotatable bonds is 5. The molecule has 0 amide bonds. The molecule has 0 aliphatic heterocycles. The van der Waals surface area contributed by atoms with Gasteiger partial charge in [0.2, 0.25) is 0 Å². The maximum atomic E-state index is 5.84. The number of nitrogens with zero attached hydrogens (tertiary/aromatic N) is 1. The van der Waals surface area contributed by atoms with E-state index in [0.717, 1.165) is 33.9 Å². The Labute approximate surface area is 120 Å². The summed E-state index contributed by atoms with van der Waals surface area (Å²) in [7, 11) is 0. The van der Waals surface area contributed by atoms with Crippen LogP contribution >= 0.6 is 0 Å². The first-order chi connectivity index (χ1) is 9.56. The van der Waals surface area contributed by atoms with Gasteiger partial charge in [-0.2, -0.15) is 0 Å². The first-order valence-corrected chi connectivity index (χ1v) is 6.97. The van der Waals surface area contributed by atoms with Crippen molar-refractivity contribution in [2.24, 2.45) is 5.73 Å². The summed E-state index contributed by atoms with van der Waals surface area (Å²) in [5, 5.41) is 0. The number of ether oxygens (including phenoxy) is 1. The molecule has 2 aromatic rings. The standard InChI is InChI=1S/C16H22N2O2/c1-5-19-14-9-10(2)13(8-11(14)3)16-12(4)18-15(20-16)6-7-17/h8-9H,5-7,17H2,1-4H3. The van der Waals surface area contributed by atoms with Crippen LogP contribution in [0.2, 0.25) is 0 Å². The number of nitrogens with two attached hydrogens (primary N) is 1. The Hall–Kier alpha value is -1.81. The summed E-state index contributed by atoms with van der Waals surface area (Å²) in [6.45, 7) is 9.26. The van der Waals surface area contributed by atoms with Gasteiger partial charge in [0.15, 0.2) is 11.7 Å². The lowest BCUT2D eigenvalue weighted by atomic mass is 10.0. The van der Waals surface area contributed by atoms with E-state index in [1.54, 1.807) is 0 Å². The van der Waals surface area contributed by atoms with E-state index in [-0.39, 0.29) is 0 Å². The molecule has 0 radical (unpaired) electrons. The molecule has 0 bridgehead atoms. The minimum Gasteiger partial charge on any atom is -0.494 e. The molecule has 0 unspecified atom stereocenters. The zero-order valence-corrected chi connectivity index (χ0v) is 12.6. The Balaban J connectivity index is 2.44. The minimum atomic E-state index is 0.542. The fourth-order valence-corrected chi connectivity index (χ4v) is 2.28. The zero-order valence-electron chi connectivity index (χ0n) is 12.6. The number of benzene rings is 1. The molecule has 0 aliphatic rings. The summed E-state index contributed by atoms with van der Waals surface area (Å²) >= 11 is 0. The van der Waals surface area contributed by atoms with Gasteiger partial charge in [-0.1, -0.05) is 0 Å². The van der Waals surface area contributed by atoms with Crippen molar-refractivity contribution >= 4 is 0 Å². The van der Waals surface area contributed by atoms with Crippen molar-refractivity contribution in [1.82, 2.24) is 4.98 Å². The second kappa shape index (κ2) is 6.09. The molecule has 0 saturated carbocycles. The quantitative estimate of drug-likeness (QED) is 0.909. The molecule has 2 rings (SSSR count). The number of aromatic nitrogens is 1. The van der Waals surface area contributed by atoms with E-state index in [2.05, 4.69) is 24.0 Å². The van der Waals surface area contributed by atoms with Crippen molar-refractivity contribution in [3.05, 3.63) is 34.8 Å². The number of oxazole rings is 1. The van der Waals surface area contributed by atoms with Crippen LogP contribution in [0.5, 0.6) is 5.75 Å². The lowest BCUT2D eigenvalue weighted by Gasteiger charge is -2.11. The molecule has 0 aliphatic carbocycles. The lowest BCUT2D eigenvalue weighted by Crippen LogP contribution is -2.02. The molecule has 20 heavy (non-hydrogen) atoms. The normalized spacial score (nSPS) is 10.8. The first-order valence-electron chi connectivity index (χ1n) is 6.97.